The molecule has 5 amide bonds. The number of aromatic nitrogens is 2. The predicted octanol–water partition coefficient (Wildman–Crippen LogP) is 20.4. The Balaban J connectivity index is 0.000000161. The molecule has 9 aromatic carbocycles. The predicted molar refractivity (Wildman–Crippen MR) is 417 cm³/mol. The number of imidazole rings is 1. The summed E-state index contributed by atoms with van der Waals surface area (Å²) in [7, 11) is 0. The van der Waals surface area contributed by atoms with Crippen molar-refractivity contribution in [2.45, 2.75) is 162 Å². The molecule has 0 radical (unpaired) electrons. The maximum absolute atomic E-state index is 13.2. The molecule has 0 spiro atoms. The second-order valence-electron chi connectivity index (χ2n) is 26.7. The molecule has 2 aromatic heterocycles. The Morgan fingerprint density at radius 1 is 0.477 bits per heavy atom. The third-order valence-electron chi connectivity index (χ3n) is 19.3. The number of nitrogens with one attached hydrogen (secondary N) is 2. The zero-order chi connectivity index (χ0) is 76.9. The second-order valence-corrected chi connectivity index (χ2v) is 26.7. The van der Waals surface area contributed by atoms with Crippen molar-refractivity contribution in [1.29, 1.82) is 0 Å². The average molecular weight is 1450 g/mol. The van der Waals surface area contributed by atoms with E-state index in [1.54, 1.807) is 72.8 Å². The van der Waals surface area contributed by atoms with Crippen molar-refractivity contribution in [3.05, 3.63) is 296 Å². The second kappa shape index (κ2) is 40.2. The number of hydrogen-bond acceptors (Lipinski definition) is 10. The fourth-order valence-electron chi connectivity index (χ4n) is 13.9. The Hall–Kier alpha value is -11.4. The number of carbonyl (C=O) groups is 5. The summed E-state index contributed by atoms with van der Waals surface area (Å²) in [5.74, 6) is 0.142. The smallest absolute Gasteiger partial charge is 0.373 e. The number of imide groups is 2. The minimum absolute atomic E-state index is 0.0696. The van der Waals surface area contributed by atoms with Crippen LogP contribution >= 0.6 is 0 Å². The van der Waals surface area contributed by atoms with E-state index >= 15 is 0 Å². The van der Waals surface area contributed by atoms with Gasteiger partial charge in [0.05, 0.1) is 33.4 Å². The van der Waals surface area contributed by atoms with Gasteiger partial charge in [0.2, 0.25) is 5.91 Å². The van der Waals surface area contributed by atoms with Gasteiger partial charge in [-0.15, -0.1) is 0 Å². The van der Waals surface area contributed by atoms with Gasteiger partial charge >= 0.3 is 11.8 Å². The number of aromatic amines is 2. The standard InChI is InChI=1S/C17H17F2NO.2C17H18O.C13H16N2O.C13H15NO2.C12H13NO2.CO2/c1-2-11-17(16(20)21,12-3-7-14(18)8-4-12)13-5-9-15(19)10-6-13;1-3-12-17(2)13-8-4-6-10-15(13)18-16-11-7-5-9-14(16)17;1-2-3-4-8-13-9-7-11-15-14-10-5-6-12-16(14)18-17(13)15;1-2-3-9-11-12(15-13(16)14-11)10-7-5-4-6-8-10;1-2-3-6-9-14-12(15)10-7-4-5-8-11(10)13(14)16;1-2-3-8-13-11(14)9-6-4-5-7-10(9)12(13)15;2-1-3/h3-10H,2,11H2,1H3,(H2,20,21);4-11H,3,12H2,1-2H3;5-7,9-12H,2-4,8H2,1H3;4-8H,2-3,9H2,1H3,(H2,14,15,16);4-5,7-8H,2-3,6,9H2,1H3;4-7H,2-3,8H2,1H3;. The molecule has 0 aliphatic carbocycles. The number of rotatable bonds is 22. The lowest BCUT2D eigenvalue weighted by molar-refractivity contribution is -0.191. The molecule has 15 nitrogen and oxygen atoms in total. The number of unbranched alkanes of at least 4 members (excludes halogenated alkanes) is 6. The van der Waals surface area contributed by atoms with Gasteiger partial charge in [0.1, 0.15) is 34.3 Å². The van der Waals surface area contributed by atoms with Crippen LogP contribution < -0.4 is 16.2 Å². The molecule has 3 aliphatic rings. The van der Waals surface area contributed by atoms with E-state index in [2.05, 4.69) is 111 Å². The number of primary amides is 1. The number of H-pyrrole nitrogens is 2. The number of nitrogens with two attached hydrogens (primary N) is 1. The monoisotopic (exact) mass is 1450 g/mol. The number of furan rings is 1. The maximum Gasteiger partial charge on any atom is 0.373 e. The SMILES string of the molecule is CCCC(C(N)=O)(c1ccc(F)cc1)c1ccc(F)cc1.CCCC1(C)c2ccccc2Oc2ccccc21.CCCCCN1C(=O)c2ccccc2C1=O.CCCCCc1cccc2c1oc1ccccc12.CCCCN1C(=O)c2ccccc2C1=O.CCCCc1[nH]c(=O)[nH]c1-c1ccccc1.O=C=O. The molecule has 5 heterocycles. The molecule has 17 heteroatoms. The lowest BCUT2D eigenvalue weighted by Crippen LogP contribution is -2.42. The van der Waals surface area contributed by atoms with E-state index in [1.165, 1.54) is 87.2 Å². The van der Waals surface area contributed by atoms with Crippen LogP contribution in [0.5, 0.6) is 11.5 Å². The molecular weight excluding hydrogens is 1350 g/mol. The molecule has 4 N–H and O–H groups in total. The fraction of sp³-hybridized carbons (Fsp3) is 0.300. The van der Waals surface area contributed by atoms with E-state index in [1.807, 2.05) is 68.4 Å². The number of aryl methyl sites for hydroxylation is 2. The normalized spacial score (nSPS) is 12.6. The van der Waals surface area contributed by atoms with Gasteiger partial charge in [0, 0.05) is 46.1 Å². The Morgan fingerprint density at radius 2 is 0.925 bits per heavy atom. The van der Waals surface area contributed by atoms with E-state index in [0.717, 1.165) is 104 Å². The van der Waals surface area contributed by atoms with Crippen LogP contribution in [0.2, 0.25) is 0 Å². The largest absolute Gasteiger partial charge is 0.457 e. The highest BCUT2D eigenvalue weighted by atomic mass is 19.1. The summed E-state index contributed by atoms with van der Waals surface area (Å²) < 4.78 is 38.3. The van der Waals surface area contributed by atoms with Gasteiger partial charge in [0.15, 0.2) is 0 Å². The number of hydrogen-bond donors (Lipinski definition) is 3. The van der Waals surface area contributed by atoms with Gasteiger partial charge < -0.3 is 24.9 Å². The third kappa shape index (κ3) is 19.9. The topological polar surface area (TPSA) is 223 Å². The van der Waals surface area contributed by atoms with Crippen molar-refractivity contribution in [3.63, 3.8) is 0 Å². The van der Waals surface area contributed by atoms with Crippen LogP contribution in [0.4, 0.5) is 8.78 Å². The number of ether oxygens (including phenoxy) is 1. The van der Waals surface area contributed by atoms with Crippen LogP contribution in [0.1, 0.15) is 213 Å². The number of nitrogens with zero attached hydrogens (tertiary/aromatic N) is 2. The lowest BCUT2D eigenvalue weighted by Gasteiger charge is -2.37. The highest BCUT2D eigenvalue weighted by molar-refractivity contribution is 6.22. The van der Waals surface area contributed by atoms with Gasteiger partial charge in [-0.25, -0.2) is 13.6 Å². The van der Waals surface area contributed by atoms with Gasteiger partial charge in [-0.3, -0.25) is 33.8 Å². The van der Waals surface area contributed by atoms with Crippen molar-refractivity contribution in [2.75, 3.05) is 13.1 Å². The van der Waals surface area contributed by atoms with Gasteiger partial charge in [-0.2, -0.15) is 9.59 Å². The summed E-state index contributed by atoms with van der Waals surface area (Å²) in [6, 6.07) is 67.0. The van der Waals surface area contributed by atoms with Crippen molar-refractivity contribution in [2.24, 2.45) is 5.73 Å². The van der Waals surface area contributed by atoms with Crippen LogP contribution in [0, 0.1) is 11.6 Å². The summed E-state index contributed by atoms with van der Waals surface area (Å²) in [5, 5.41) is 2.48. The van der Waals surface area contributed by atoms with Crippen molar-refractivity contribution < 1.29 is 51.5 Å². The van der Waals surface area contributed by atoms with Crippen LogP contribution in [0.15, 0.2) is 228 Å². The van der Waals surface area contributed by atoms with Crippen LogP contribution in [-0.2, 0) is 38.1 Å². The van der Waals surface area contributed by atoms with Crippen LogP contribution in [-0.4, -0.2) is 68.5 Å². The van der Waals surface area contributed by atoms with E-state index in [9.17, 15) is 37.5 Å². The first-order chi connectivity index (χ1) is 51.9. The molecule has 3 aliphatic heterocycles. The number of amides is 5. The zero-order valence-corrected chi connectivity index (χ0v) is 62.3. The molecule has 0 bridgehead atoms. The Morgan fingerprint density at radius 3 is 1.41 bits per heavy atom. The van der Waals surface area contributed by atoms with Gasteiger partial charge in [0.25, 0.3) is 23.6 Å². The summed E-state index contributed by atoms with van der Waals surface area (Å²) in [4.78, 5) is 95.7. The van der Waals surface area contributed by atoms with Gasteiger partial charge in [-0.05, 0) is 140 Å². The molecule has 0 saturated heterocycles. The molecule has 11 aromatic rings. The van der Waals surface area contributed by atoms with Crippen molar-refractivity contribution in [1.82, 2.24) is 19.8 Å². The van der Waals surface area contributed by atoms with Crippen molar-refractivity contribution in [3.8, 4) is 22.8 Å². The molecular formula is C90H97F2N5O10. The molecule has 0 unspecified atom stereocenters. The molecule has 107 heavy (non-hydrogen) atoms. The van der Waals surface area contributed by atoms with Crippen molar-refractivity contribution >= 4 is 57.6 Å². The number of benzene rings is 9. The Bertz CT molecular complexity index is 4680. The Kier molecular flexibility index (Phi) is 30.5. The van der Waals surface area contributed by atoms with E-state index in [0.29, 0.717) is 59.3 Å². The molecule has 0 saturated carbocycles. The average Bonchev–Trinajstić information content (AvgIpc) is 1.69. The first kappa shape index (κ1) is 81.3. The number of halogens is 2. The minimum Gasteiger partial charge on any atom is -0.457 e. The van der Waals surface area contributed by atoms with Crippen LogP contribution in [0.3, 0.4) is 0 Å². The molecule has 556 valence electrons. The lowest BCUT2D eigenvalue weighted by atomic mass is 9.71. The fourth-order valence-corrected chi connectivity index (χ4v) is 13.9. The quantitative estimate of drug-likeness (QED) is 0.0430. The zero-order valence-electron chi connectivity index (χ0n) is 62.3. The minimum atomic E-state index is -1.07. The van der Waals surface area contributed by atoms with E-state index in [4.69, 9.17) is 24.5 Å². The Labute approximate surface area is 625 Å². The highest BCUT2D eigenvalue weighted by Crippen LogP contribution is 2.50. The summed E-state index contributed by atoms with van der Waals surface area (Å²) in [6.45, 7) is 16.1. The van der Waals surface area contributed by atoms with E-state index in [-0.39, 0.29) is 52.5 Å². The maximum atomic E-state index is 13.2. The first-order valence-electron chi connectivity index (χ1n) is 37.2. The number of para-hydroxylation sites is 4. The van der Waals surface area contributed by atoms with E-state index < -0.39 is 11.3 Å². The van der Waals surface area contributed by atoms with Crippen LogP contribution in [0.25, 0.3) is 33.2 Å². The number of carbonyl (C=O) groups excluding carboxylic acids is 7. The van der Waals surface area contributed by atoms with Gasteiger partial charge in [-0.1, -0.05) is 251 Å². The first-order valence-corrected chi connectivity index (χ1v) is 37.2. The highest BCUT2D eigenvalue weighted by Gasteiger charge is 2.41. The molecule has 14 rings (SSSR count). The summed E-state index contributed by atoms with van der Waals surface area (Å²) >= 11 is 0. The summed E-state index contributed by atoms with van der Waals surface area (Å²) in [5.41, 5.74) is 17.0. The summed E-state index contributed by atoms with van der Waals surface area (Å²) in [6.07, 6.45) is 16.6. The number of fused-ring (bicyclic) bond motifs is 7. The third-order valence-corrected chi connectivity index (χ3v) is 19.3. The molecule has 0 fully saturated rings. The molecule has 0 atom stereocenters.